The lowest BCUT2D eigenvalue weighted by atomic mass is 10.3. The minimum absolute atomic E-state index is 0.409. The molecule has 0 spiro atoms. The minimum Gasteiger partial charge on any atom is -0.542 e. The number of ether oxygens (including phenoxy) is 1. The van der Waals surface area contributed by atoms with Gasteiger partial charge in [0.15, 0.2) is 5.75 Å². The zero-order chi connectivity index (χ0) is 10.6. The molecule has 1 rings (SSSR count). The van der Waals surface area contributed by atoms with Crippen molar-refractivity contribution in [2.75, 3.05) is 0 Å². The van der Waals surface area contributed by atoms with E-state index >= 15 is 0 Å². The molecule has 0 N–H and O–H groups in total. The van der Waals surface area contributed by atoms with Crippen molar-refractivity contribution in [2.45, 2.75) is 19.6 Å². The van der Waals surface area contributed by atoms with Crippen molar-refractivity contribution in [3.05, 3.63) is 24.3 Å². The fourth-order valence-corrected chi connectivity index (χ4v) is 1.84. The highest BCUT2D eigenvalue weighted by atomic mass is 28.4. The molecule has 76 valence electrons. The molecule has 0 aliphatic heterocycles. The third-order valence-corrected chi connectivity index (χ3v) is 2.27. The fraction of sp³-hybridized carbons (Fsp3) is 0.300. The Morgan fingerprint density at radius 2 is 1.71 bits per heavy atom. The summed E-state index contributed by atoms with van der Waals surface area (Å²) in [6.07, 6.45) is 0. The molecule has 1 aromatic carbocycles. The lowest BCUT2D eigenvalue weighted by Crippen LogP contribution is -2.29. The van der Waals surface area contributed by atoms with Crippen LogP contribution in [0.3, 0.4) is 0 Å². The van der Waals surface area contributed by atoms with Crippen LogP contribution in [0, 0.1) is 0 Å². The van der Waals surface area contributed by atoms with Crippen LogP contribution in [-0.4, -0.2) is 14.8 Å². The van der Waals surface area contributed by atoms with Crippen molar-refractivity contribution in [1.29, 1.82) is 0 Å². The number of benzene rings is 1. The summed E-state index contributed by atoms with van der Waals surface area (Å²) in [7, 11) is -1.65. The predicted molar refractivity (Wildman–Crippen MR) is 57.1 cm³/mol. The molecular formula is C10H14O3Si. The second-order valence-corrected chi connectivity index (χ2v) is 8.30. The SMILES string of the molecule is C[Si](C)(C)Oc1ccccc1OC=O. The van der Waals surface area contributed by atoms with Crippen LogP contribution in [0.4, 0.5) is 0 Å². The highest BCUT2D eigenvalue weighted by Crippen LogP contribution is 2.28. The topological polar surface area (TPSA) is 35.5 Å². The van der Waals surface area contributed by atoms with Crippen LogP contribution in [0.2, 0.25) is 19.6 Å². The Labute approximate surface area is 84.8 Å². The molecule has 0 atom stereocenters. The highest BCUT2D eigenvalue weighted by Gasteiger charge is 2.18. The number of carbonyl (C=O) groups is 1. The second kappa shape index (κ2) is 4.28. The van der Waals surface area contributed by atoms with E-state index in [-0.39, 0.29) is 0 Å². The maximum atomic E-state index is 10.2. The van der Waals surface area contributed by atoms with E-state index < -0.39 is 8.32 Å². The Morgan fingerprint density at radius 1 is 1.14 bits per heavy atom. The van der Waals surface area contributed by atoms with Gasteiger partial charge in [0.25, 0.3) is 6.47 Å². The molecular weight excluding hydrogens is 196 g/mol. The molecule has 0 heterocycles. The van der Waals surface area contributed by atoms with Crippen molar-refractivity contribution in [3.63, 3.8) is 0 Å². The van der Waals surface area contributed by atoms with Crippen LogP contribution in [0.15, 0.2) is 24.3 Å². The van der Waals surface area contributed by atoms with Crippen LogP contribution in [0.25, 0.3) is 0 Å². The standard InChI is InChI=1S/C10H14O3Si/c1-14(2,3)13-10-7-5-4-6-9(10)12-8-11/h4-8H,1-3H3. The quantitative estimate of drug-likeness (QED) is 0.565. The molecule has 0 radical (unpaired) electrons. The Hall–Kier alpha value is -1.29. The molecule has 0 bridgehead atoms. The van der Waals surface area contributed by atoms with Gasteiger partial charge in [0.1, 0.15) is 5.75 Å². The van der Waals surface area contributed by atoms with E-state index in [1.807, 2.05) is 6.07 Å². The largest absolute Gasteiger partial charge is 0.542 e. The molecule has 1 aromatic rings. The molecule has 0 aliphatic rings. The summed E-state index contributed by atoms with van der Waals surface area (Å²) in [6.45, 7) is 6.63. The van der Waals surface area contributed by atoms with Gasteiger partial charge in [-0.2, -0.15) is 0 Å². The molecule has 0 aromatic heterocycles. The summed E-state index contributed by atoms with van der Waals surface area (Å²) < 4.78 is 10.5. The molecule has 14 heavy (non-hydrogen) atoms. The predicted octanol–water partition coefficient (Wildman–Crippen LogP) is 2.44. The summed E-state index contributed by atoms with van der Waals surface area (Å²) in [6, 6.07) is 7.17. The zero-order valence-electron chi connectivity index (χ0n) is 8.61. The van der Waals surface area contributed by atoms with Gasteiger partial charge in [-0.25, -0.2) is 0 Å². The van der Waals surface area contributed by atoms with Gasteiger partial charge >= 0.3 is 0 Å². The minimum atomic E-state index is -1.65. The van der Waals surface area contributed by atoms with Crippen LogP contribution in [0.5, 0.6) is 11.5 Å². The van der Waals surface area contributed by atoms with Gasteiger partial charge in [0, 0.05) is 0 Å². The Kier molecular flexibility index (Phi) is 3.30. The molecule has 3 nitrogen and oxygen atoms in total. The monoisotopic (exact) mass is 210 g/mol. The van der Waals surface area contributed by atoms with E-state index in [0.717, 1.165) is 0 Å². The van der Waals surface area contributed by atoms with Gasteiger partial charge in [-0.1, -0.05) is 12.1 Å². The van der Waals surface area contributed by atoms with Gasteiger partial charge < -0.3 is 9.16 Å². The number of carbonyl (C=O) groups excluding carboxylic acids is 1. The highest BCUT2D eigenvalue weighted by molar-refractivity contribution is 6.70. The first-order valence-corrected chi connectivity index (χ1v) is 7.82. The smallest absolute Gasteiger partial charge is 0.298 e. The van der Waals surface area contributed by atoms with E-state index in [2.05, 4.69) is 19.6 Å². The van der Waals surface area contributed by atoms with Gasteiger partial charge in [0.05, 0.1) is 0 Å². The lowest BCUT2D eigenvalue weighted by molar-refractivity contribution is -0.120. The fourth-order valence-electron chi connectivity index (χ4n) is 1.01. The summed E-state index contributed by atoms with van der Waals surface area (Å²) in [4.78, 5) is 10.2. The molecule has 0 unspecified atom stereocenters. The molecule has 4 heteroatoms. The second-order valence-electron chi connectivity index (χ2n) is 3.88. The summed E-state index contributed by atoms with van der Waals surface area (Å²) in [5, 5.41) is 0. The average molecular weight is 210 g/mol. The Bertz CT molecular complexity index is 317. The van der Waals surface area contributed by atoms with E-state index in [0.29, 0.717) is 18.0 Å². The summed E-state index contributed by atoms with van der Waals surface area (Å²) in [5.74, 6) is 1.11. The van der Waals surface area contributed by atoms with Crippen LogP contribution in [-0.2, 0) is 4.79 Å². The van der Waals surface area contributed by atoms with Gasteiger partial charge in [-0.3, -0.25) is 4.79 Å². The van der Waals surface area contributed by atoms with E-state index in [4.69, 9.17) is 9.16 Å². The molecule has 0 aliphatic carbocycles. The van der Waals surface area contributed by atoms with E-state index in [9.17, 15) is 4.79 Å². The van der Waals surface area contributed by atoms with Crippen molar-refractivity contribution in [2.24, 2.45) is 0 Å². The third-order valence-electron chi connectivity index (χ3n) is 1.44. The van der Waals surface area contributed by atoms with Crippen molar-refractivity contribution >= 4 is 14.8 Å². The molecule has 0 fully saturated rings. The van der Waals surface area contributed by atoms with E-state index in [1.54, 1.807) is 18.2 Å². The number of hydrogen-bond donors (Lipinski definition) is 0. The average Bonchev–Trinajstić information content (AvgIpc) is 2.06. The number of rotatable bonds is 4. The molecule has 0 amide bonds. The maximum absolute atomic E-state index is 10.2. The number of hydrogen-bond acceptors (Lipinski definition) is 3. The van der Waals surface area contributed by atoms with Gasteiger partial charge in [-0.05, 0) is 31.8 Å². The first-order chi connectivity index (χ1) is 6.53. The Morgan fingerprint density at radius 3 is 2.21 bits per heavy atom. The number of para-hydroxylation sites is 2. The molecule has 0 saturated carbocycles. The van der Waals surface area contributed by atoms with Gasteiger partial charge in [-0.15, -0.1) is 0 Å². The first-order valence-electron chi connectivity index (χ1n) is 4.41. The zero-order valence-corrected chi connectivity index (χ0v) is 9.61. The van der Waals surface area contributed by atoms with Crippen molar-refractivity contribution < 1.29 is 14.0 Å². The maximum Gasteiger partial charge on any atom is 0.298 e. The van der Waals surface area contributed by atoms with Gasteiger partial charge in [0.2, 0.25) is 8.32 Å². The summed E-state index contributed by atoms with van der Waals surface area (Å²) >= 11 is 0. The van der Waals surface area contributed by atoms with E-state index in [1.165, 1.54) is 0 Å². The summed E-state index contributed by atoms with van der Waals surface area (Å²) in [5.41, 5.74) is 0. The van der Waals surface area contributed by atoms with Crippen molar-refractivity contribution in [1.82, 2.24) is 0 Å². The molecule has 0 saturated heterocycles. The van der Waals surface area contributed by atoms with Crippen molar-refractivity contribution in [3.8, 4) is 11.5 Å². The van der Waals surface area contributed by atoms with Crippen LogP contribution in [0.1, 0.15) is 0 Å². The lowest BCUT2D eigenvalue weighted by Gasteiger charge is -2.20. The third kappa shape index (κ3) is 3.22. The normalized spacial score (nSPS) is 10.8. The van der Waals surface area contributed by atoms with Crippen LogP contribution >= 0.6 is 0 Å². The van der Waals surface area contributed by atoms with Crippen LogP contribution < -0.4 is 9.16 Å². The first kappa shape index (κ1) is 10.8. The Balaban J connectivity index is 2.89.